The van der Waals surface area contributed by atoms with Gasteiger partial charge in [0.1, 0.15) is 5.84 Å². The van der Waals surface area contributed by atoms with Gasteiger partial charge >= 0.3 is 0 Å². The molecular weight excluding hydrogens is 252 g/mol. The summed E-state index contributed by atoms with van der Waals surface area (Å²) in [5, 5.41) is 12.3. The van der Waals surface area contributed by atoms with E-state index in [9.17, 15) is 0 Å². The molecule has 0 amide bonds. The van der Waals surface area contributed by atoms with Crippen LogP contribution in [0, 0.1) is 5.92 Å². The van der Waals surface area contributed by atoms with E-state index in [4.69, 9.17) is 22.5 Å². The number of rotatable bonds is 6. The van der Waals surface area contributed by atoms with Crippen molar-refractivity contribution < 1.29 is 5.21 Å². The number of nitrogens with two attached hydrogens (primary N) is 1. The maximum atomic E-state index is 8.64. The van der Waals surface area contributed by atoms with Crippen LogP contribution in [-0.4, -0.2) is 34.0 Å². The Hall–Kier alpha value is -1.33. The quantitative estimate of drug-likeness (QED) is 0.359. The van der Waals surface area contributed by atoms with Crippen molar-refractivity contribution in [3.05, 3.63) is 29.0 Å². The summed E-state index contributed by atoms with van der Waals surface area (Å²) < 4.78 is 0. The first-order valence-electron chi connectivity index (χ1n) is 5.86. The second-order valence-corrected chi connectivity index (χ2v) is 4.63. The Balaban J connectivity index is 2.66. The normalized spacial score (nSPS) is 13.9. The maximum Gasteiger partial charge on any atom is 0.143 e. The van der Waals surface area contributed by atoms with Crippen molar-refractivity contribution in [2.75, 3.05) is 13.1 Å². The summed E-state index contributed by atoms with van der Waals surface area (Å²) in [6.07, 6.45) is 3.36. The summed E-state index contributed by atoms with van der Waals surface area (Å²) in [4.78, 5) is 6.14. The van der Waals surface area contributed by atoms with Crippen molar-refractivity contribution in [2.24, 2.45) is 16.8 Å². The fraction of sp³-hybridized carbons (Fsp3) is 0.500. The molecule has 1 atom stereocenters. The molecule has 1 rings (SSSR count). The minimum Gasteiger partial charge on any atom is -0.409 e. The van der Waals surface area contributed by atoms with Crippen LogP contribution in [0.4, 0.5) is 0 Å². The summed E-state index contributed by atoms with van der Waals surface area (Å²) in [5.74, 6) is 0.241. The molecular formula is C12H19ClN4O. The van der Waals surface area contributed by atoms with E-state index in [1.807, 2.05) is 13.0 Å². The zero-order valence-electron chi connectivity index (χ0n) is 10.7. The van der Waals surface area contributed by atoms with Crippen LogP contribution in [0.25, 0.3) is 0 Å². The van der Waals surface area contributed by atoms with Crippen molar-refractivity contribution in [1.82, 2.24) is 9.88 Å². The molecule has 6 heteroatoms. The van der Waals surface area contributed by atoms with Gasteiger partial charge in [0, 0.05) is 31.4 Å². The predicted octanol–water partition coefficient (Wildman–Crippen LogP) is 1.94. The number of hydrogen-bond donors (Lipinski definition) is 2. The molecule has 0 spiro atoms. The first kappa shape index (κ1) is 14.7. The van der Waals surface area contributed by atoms with Gasteiger partial charge in [-0.15, -0.1) is 0 Å². The standard InChI is InChI=1S/C12H19ClN4O/c1-3-17(7-9(2)12(14)16-18)8-10-4-5-15-6-11(10)13/h4-6,9,18H,3,7-8H2,1-2H3,(H2,14,16). The monoisotopic (exact) mass is 270 g/mol. The van der Waals surface area contributed by atoms with Gasteiger partial charge in [-0.05, 0) is 18.2 Å². The van der Waals surface area contributed by atoms with Gasteiger partial charge in [0.2, 0.25) is 0 Å². The number of nitrogens with zero attached hydrogens (tertiary/aromatic N) is 3. The summed E-state index contributed by atoms with van der Waals surface area (Å²) in [7, 11) is 0. The summed E-state index contributed by atoms with van der Waals surface area (Å²) >= 11 is 6.07. The van der Waals surface area contributed by atoms with Crippen molar-refractivity contribution in [3.63, 3.8) is 0 Å². The lowest BCUT2D eigenvalue weighted by Gasteiger charge is -2.24. The predicted molar refractivity (Wildman–Crippen MR) is 72.8 cm³/mol. The van der Waals surface area contributed by atoms with Gasteiger partial charge in [-0.3, -0.25) is 9.88 Å². The Labute approximate surface area is 112 Å². The van der Waals surface area contributed by atoms with Crippen molar-refractivity contribution >= 4 is 17.4 Å². The maximum absolute atomic E-state index is 8.64. The Morgan fingerprint density at radius 1 is 1.67 bits per heavy atom. The van der Waals surface area contributed by atoms with Crippen molar-refractivity contribution in [2.45, 2.75) is 20.4 Å². The minimum atomic E-state index is -0.00411. The van der Waals surface area contributed by atoms with Crippen LogP contribution >= 0.6 is 11.6 Å². The summed E-state index contributed by atoms with van der Waals surface area (Å²) in [5.41, 5.74) is 6.61. The number of oxime groups is 1. The van der Waals surface area contributed by atoms with E-state index in [1.165, 1.54) is 0 Å². The number of halogens is 1. The van der Waals surface area contributed by atoms with Crippen LogP contribution in [0.2, 0.25) is 5.02 Å². The second kappa shape index (κ2) is 7.18. The van der Waals surface area contributed by atoms with Gasteiger partial charge < -0.3 is 10.9 Å². The van der Waals surface area contributed by atoms with Gasteiger partial charge in [0.25, 0.3) is 0 Å². The van der Waals surface area contributed by atoms with Crippen LogP contribution in [-0.2, 0) is 6.54 Å². The van der Waals surface area contributed by atoms with E-state index >= 15 is 0 Å². The molecule has 0 aliphatic rings. The molecule has 5 nitrogen and oxygen atoms in total. The number of hydrogen-bond acceptors (Lipinski definition) is 4. The molecule has 0 aliphatic heterocycles. The minimum absolute atomic E-state index is 0.00411. The molecule has 18 heavy (non-hydrogen) atoms. The highest BCUT2D eigenvalue weighted by Gasteiger charge is 2.14. The fourth-order valence-electron chi connectivity index (χ4n) is 1.66. The Kier molecular flexibility index (Phi) is 5.88. The van der Waals surface area contributed by atoms with E-state index in [1.54, 1.807) is 12.4 Å². The summed E-state index contributed by atoms with van der Waals surface area (Å²) in [6, 6.07) is 1.90. The van der Waals surface area contributed by atoms with Crippen LogP contribution in [0.15, 0.2) is 23.6 Å². The third-order valence-corrected chi connectivity index (χ3v) is 3.19. The molecule has 1 aromatic heterocycles. The lowest BCUT2D eigenvalue weighted by molar-refractivity contribution is 0.257. The molecule has 0 saturated heterocycles. The Morgan fingerprint density at radius 2 is 2.39 bits per heavy atom. The van der Waals surface area contributed by atoms with Crippen LogP contribution < -0.4 is 5.73 Å². The third-order valence-electron chi connectivity index (χ3n) is 2.85. The molecule has 0 fully saturated rings. The molecule has 0 saturated carbocycles. The van der Waals surface area contributed by atoms with E-state index in [0.717, 1.165) is 18.7 Å². The average molecular weight is 271 g/mol. The zero-order chi connectivity index (χ0) is 13.5. The molecule has 0 radical (unpaired) electrons. The lowest BCUT2D eigenvalue weighted by atomic mass is 10.1. The molecule has 0 bridgehead atoms. The number of aromatic nitrogens is 1. The fourth-order valence-corrected chi connectivity index (χ4v) is 1.84. The highest BCUT2D eigenvalue weighted by atomic mass is 35.5. The molecule has 100 valence electrons. The van der Waals surface area contributed by atoms with Gasteiger partial charge in [-0.1, -0.05) is 30.6 Å². The number of pyridine rings is 1. The largest absolute Gasteiger partial charge is 0.409 e. The molecule has 1 aromatic rings. The molecule has 3 N–H and O–H groups in total. The van der Waals surface area contributed by atoms with Gasteiger partial charge in [-0.25, -0.2) is 0 Å². The molecule has 1 heterocycles. The first-order valence-corrected chi connectivity index (χ1v) is 6.24. The van der Waals surface area contributed by atoms with E-state index in [0.29, 0.717) is 11.6 Å². The van der Waals surface area contributed by atoms with E-state index in [-0.39, 0.29) is 11.8 Å². The molecule has 0 aromatic carbocycles. The van der Waals surface area contributed by atoms with Crippen LogP contribution in [0.3, 0.4) is 0 Å². The highest BCUT2D eigenvalue weighted by molar-refractivity contribution is 6.31. The first-order chi connectivity index (χ1) is 8.58. The lowest BCUT2D eigenvalue weighted by Crippen LogP contribution is -2.34. The smallest absolute Gasteiger partial charge is 0.143 e. The van der Waals surface area contributed by atoms with Gasteiger partial charge in [-0.2, -0.15) is 0 Å². The van der Waals surface area contributed by atoms with E-state index < -0.39 is 0 Å². The van der Waals surface area contributed by atoms with Crippen LogP contribution in [0.1, 0.15) is 19.4 Å². The molecule has 1 unspecified atom stereocenters. The Morgan fingerprint density at radius 3 is 2.94 bits per heavy atom. The SMILES string of the molecule is CCN(Cc1ccncc1Cl)CC(C)C(N)=NO. The van der Waals surface area contributed by atoms with Crippen LogP contribution in [0.5, 0.6) is 0 Å². The van der Waals surface area contributed by atoms with Crippen molar-refractivity contribution in [3.8, 4) is 0 Å². The van der Waals surface area contributed by atoms with Gasteiger partial charge in [0.15, 0.2) is 0 Å². The van der Waals surface area contributed by atoms with Gasteiger partial charge in [0.05, 0.1) is 5.02 Å². The average Bonchev–Trinajstić information content (AvgIpc) is 2.39. The third kappa shape index (κ3) is 4.16. The topological polar surface area (TPSA) is 74.7 Å². The Bertz CT molecular complexity index is 411. The highest BCUT2D eigenvalue weighted by Crippen LogP contribution is 2.16. The zero-order valence-corrected chi connectivity index (χ0v) is 11.4. The number of amidine groups is 1. The second-order valence-electron chi connectivity index (χ2n) is 4.22. The molecule has 0 aliphatic carbocycles. The van der Waals surface area contributed by atoms with E-state index in [2.05, 4.69) is 22.0 Å². The summed E-state index contributed by atoms with van der Waals surface area (Å²) in [6.45, 7) is 6.29. The van der Waals surface area contributed by atoms with Crippen molar-refractivity contribution in [1.29, 1.82) is 0 Å².